The number of hydrogen-bond acceptors (Lipinski definition) is 3. The number of pyridine rings is 1. The van der Waals surface area contributed by atoms with E-state index < -0.39 is 25.9 Å². The van der Waals surface area contributed by atoms with Gasteiger partial charge in [-0.25, -0.2) is 0 Å². The zero-order chi connectivity index (χ0) is 53.3. The van der Waals surface area contributed by atoms with Crippen LogP contribution in [0.2, 0.25) is 19.6 Å². The van der Waals surface area contributed by atoms with Crippen LogP contribution in [0, 0.1) is 17.9 Å². The maximum absolute atomic E-state index is 12.8. The molecule has 3 heterocycles. The number of nitrogens with zero attached hydrogens (tertiary/aromatic N) is 3. The Morgan fingerprint density at radius 3 is 2.10 bits per heavy atom. The average molecular weight is 1110 g/mol. The van der Waals surface area contributed by atoms with Gasteiger partial charge in [-0.1, -0.05) is 170 Å². The van der Waals surface area contributed by atoms with E-state index in [1.165, 1.54) is 17.7 Å². The third-order valence-corrected chi connectivity index (χ3v) is 13.0. The minimum absolute atomic E-state index is 0. The van der Waals surface area contributed by atoms with Crippen LogP contribution in [-0.2, 0) is 31.5 Å². The van der Waals surface area contributed by atoms with Crippen molar-refractivity contribution in [3.63, 3.8) is 0 Å². The summed E-state index contributed by atoms with van der Waals surface area (Å²) in [6, 6.07) is 49.9. The first-order chi connectivity index (χ1) is 34.7. The largest absolute Gasteiger partial charge is 0.501 e. The fourth-order valence-corrected chi connectivity index (χ4v) is 9.59. The minimum atomic E-state index is -2.38. The van der Waals surface area contributed by atoms with Gasteiger partial charge in [0.05, 0.1) is 25.2 Å². The molecule has 0 amide bonds. The Kier molecular flexibility index (Phi) is 12.1. The second-order valence-corrected chi connectivity index (χ2v) is 24.6. The van der Waals surface area contributed by atoms with E-state index in [2.05, 4.69) is 68.2 Å². The molecule has 7 aromatic carbocycles. The Balaban J connectivity index is 0.000000352. The van der Waals surface area contributed by atoms with E-state index in [1.807, 2.05) is 103 Å². The Morgan fingerprint density at radius 1 is 0.754 bits per heavy atom. The number of benzene rings is 7. The van der Waals surface area contributed by atoms with E-state index in [0.717, 1.165) is 49.8 Å². The Hall–Kier alpha value is -6.24. The van der Waals surface area contributed by atoms with Gasteiger partial charge in [0.1, 0.15) is 5.58 Å². The summed E-state index contributed by atoms with van der Waals surface area (Å²) in [5.74, 6) is -3.80. The first kappa shape index (κ1) is 41.7. The fourth-order valence-electron chi connectivity index (χ4n) is 8.58. The molecule has 1 radical (unpaired) electrons. The van der Waals surface area contributed by atoms with Gasteiger partial charge < -0.3 is 14.0 Å². The summed E-state index contributed by atoms with van der Waals surface area (Å²) in [7, 11) is -2.38. The van der Waals surface area contributed by atoms with Crippen LogP contribution in [0.25, 0.3) is 83.6 Å². The molecule has 0 spiro atoms. The van der Waals surface area contributed by atoms with Crippen LogP contribution in [0.15, 0.2) is 162 Å². The van der Waals surface area contributed by atoms with Crippen molar-refractivity contribution in [2.45, 2.75) is 91.3 Å². The average Bonchev–Trinajstić information content (AvgIpc) is 3.92. The van der Waals surface area contributed by atoms with Crippen molar-refractivity contribution in [1.29, 1.82) is 0 Å². The molecule has 0 bridgehead atoms. The zero-order valence-electron chi connectivity index (χ0n) is 46.8. The van der Waals surface area contributed by atoms with Crippen LogP contribution in [0.3, 0.4) is 0 Å². The number of halogens is 1. The second kappa shape index (κ2) is 20.0. The molecular formula is C62H60FIrN3OSi-2. The molecule has 7 heteroatoms. The normalized spacial score (nSPS) is 13.7. The van der Waals surface area contributed by atoms with Crippen molar-refractivity contribution in [1.82, 2.24) is 14.5 Å². The van der Waals surface area contributed by atoms with Gasteiger partial charge in [-0.15, -0.1) is 48.0 Å². The van der Waals surface area contributed by atoms with Gasteiger partial charge in [0.2, 0.25) is 0 Å². The molecule has 0 aliphatic rings. The van der Waals surface area contributed by atoms with Crippen LogP contribution in [-0.4, -0.2) is 22.6 Å². The minimum Gasteiger partial charge on any atom is -0.501 e. The van der Waals surface area contributed by atoms with Crippen molar-refractivity contribution in [2.24, 2.45) is 0 Å². The second-order valence-electron chi connectivity index (χ2n) is 19.8. The van der Waals surface area contributed by atoms with Gasteiger partial charge in [0.15, 0.2) is 0 Å². The van der Waals surface area contributed by atoms with Gasteiger partial charge in [-0.05, 0) is 104 Å². The summed E-state index contributed by atoms with van der Waals surface area (Å²) in [5, 5.41) is 1.89. The first-order valence-electron chi connectivity index (χ1n) is 26.1. The molecule has 3 aromatic heterocycles. The monoisotopic (exact) mass is 1110 g/mol. The van der Waals surface area contributed by atoms with Crippen LogP contribution in [0.1, 0.15) is 90.7 Å². The molecule has 0 aliphatic carbocycles. The number of fused-ring (bicyclic) bond motifs is 4. The van der Waals surface area contributed by atoms with E-state index in [-0.39, 0.29) is 43.4 Å². The standard InChI is InChI=1S/C47H45N2OSi.C15H15FN.Ir/c1-30(2)40-26-36(34-22-20-32(21-23-34)29-51(5,6)7)27-41(31(3)4)45(40)49-43-19-12-11-18-42(43)48-47(49)39-17-13-16-38-37-25-24-35(28-44(37)50-46(38)39)33-14-9-8-10-15-33;1-15(2,3)12-8-9-17-14(10-12)11-4-6-13(16)7-5-11;/h8-16,18-28,30-31H,29H2,1-7H3;4,6-10H,1-3H3;/q2*-1;/i22D,23D,29D2,30D,31D;;. The molecule has 0 N–H and O–H groups in total. The number of imidazole rings is 1. The van der Waals surface area contributed by atoms with Crippen molar-refractivity contribution >= 4 is 41.0 Å². The maximum atomic E-state index is 12.8. The number of aromatic nitrogens is 3. The molecule has 0 atom stereocenters. The molecule has 4 nitrogen and oxygen atoms in total. The third-order valence-electron chi connectivity index (χ3n) is 12.0. The molecule has 0 saturated heterocycles. The zero-order valence-corrected chi connectivity index (χ0v) is 44.2. The van der Waals surface area contributed by atoms with Crippen molar-refractivity contribution in [2.75, 3.05) is 0 Å². The van der Waals surface area contributed by atoms with E-state index in [0.29, 0.717) is 50.5 Å². The molecule has 69 heavy (non-hydrogen) atoms. The molecule has 10 aromatic rings. The Bertz CT molecular complexity index is 3680. The SMILES string of the molecule is CC(C)(C)c1ccnc(-c2[c-]cc(F)cc2)c1.[2H]c1cc(C([2H])([2H])[Si](C)(C)C)cc([2H])c1-c1cc(C([2H])(C)C)c(-n2c(-c3[c-]ccc4c3oc3cc(-c5ccccc5)ccc34)nc3ccccc32)c(C([2H])(C)C)c1.[Ir]. The van der Waals surface area contributed by atoms with Crippen LogP contribution >= 0.6 is 0 Å². The number of rotatable bonds is 9. The summed E-state index contributed by atoms with van der Waals surface area (Å²) < 4.78 is 76.9. The predicted molar refractivity (Wildman–Crippen MR) is 286 cm³/mol. The quantitative estimate of drug-likeness (QED) is 0.107. The number of para-hydroxylation sites is 2. The van der Waals surface area contributed by atoms with E-state index in [4.69, 9.17) is 14.9 Å². The van der Waals surface area contributed by atoms with Gasteiger partial charge in [-0.3, -0.25) is 9.37 Å². The summed E-state index contributed by atoms with van der Waals surface area (Å²) in [6.07, 6.45) is 1.78. The molecular weight excluding hydrogens is 1040 g/mol. The maximum Gasteiger partial charge on any atom is 0.121 e. The summed E-state index contributed by atoms with van der Waals surface area (Å²) >= 11 is 0. The van der Waals surface area contributed by atoms with Crippen molar-refractivity contribution < 1.29 is 37.1 Å². The van der Waals surface area contributed by atoms with Gasteiger partial charge in [0, 0.05) is 56.7 Å². The molecule has 0 saturated carbocycles. The summed E-state index contributed by atoms with van der Waals surface area (Å²) in [5.41, 5.74) is 11.6. The number of hydrogen-bond donors (Lipinski definition) is 0. The predicted octanol–water partition coefficient (Wildman–Crippen LogP) is 17.4. The fraction of sp³-hybridized carbons (Fsp3) is 0.226. The van der Waals surface area contributed by atoms with Gasteiger partial charge in [0.25, 0.3) is 0 Å². The molecule has 0 aliphatic heterocycles. The first-order valence-corrected chi connectivity index (χ1v) is 26.6. The molecule has 0 fully saturated rings. The Labute approximate surface area is 430 Å². The third kappa shape index (κ3) is 10.5. The number of furan rings is 1. The van der Waals surface area contributed by atoms with Gasteiger partial charge >= 0.3 is 0 Å². The molecule has 10 rings (SSSR count). The molecule has 351 valence electrons. The van der Waals surface area contributed by atoms with Gasteiger partial charge in [-0.2, -0.15) is 0 Å². The van der Waals surface area contributed by atoms with Crippen LogP contribution in [0.5, 0.6) is 0 Å². The summed E-state index contributed by atoms with van der Waals surface area (Å²) in [6.45, 7) is 19.5. The van der Waals surface area contributed by atoms with Crippen molar-refractivity contribution in [3.05, 3.63) is 198 Å². The smallest absolute Gasteiger partial charge is 0.121 e. The van der Waals surface area contributed by atoms with E-state index >= 15 is 0 Å². The topological polar surface area (TPSA) is 43.9 Å². The van der Waals surface area contributed by atoms with Crippen LogP contribution < -0.4 is 0 Å². The van der Waals surface area contributed by atoms with Crippen molar-refractivity contribution in [3.8, 4) is 50.6 Å². The Morgan fingerprint density at radius 2 is 1.45 bits per heavy atom. The molecule has 0 unspecified atom stereocenters. The van der Waals surface area contributed by atoms with E-state index in [9.17, 15) is 7.13 Å². The van der Waals surface area contributed by atoms with Crippen LogP contribution in [0.4, 0.5) is 4.39 Å². The van der Waals surface area contributed by atoms with E-state index in [1.54, 1.807) is 52.1 Å². The summed E-state index contributed by atoms with van der Waals surface area (Å²) in [4.78, 5) is 9.51.